The minimum Gasteiger partial charge on any atom is -0.376 e. The van der Waals surface area contributed by atoms with Gasteiger partial charge in [0.25, 0.3) is 0 Å². The van der Waals surface area contributed by atoms with Crippen molar-refractivity contribution >= 4 is 22.9 Å². The van der Waals surface area contributed by atoms with Crippen LogP contribution in [0.15, 0.2) is 16.9 Å². The van der Waals surface area contributed by atoms with Crippen molar-refractivity contribution in [1.82, 2.24) is 14.3 Å². The molecule has 7 heteroatoms. The third-order valence-electron chi connectivity index (χ3n) is 3.24. The van der Waals surface area contributed by atoms with Crippen LogP contribution in [-0.2, 0) is 18.3 Å². The first-order valence-electron chi connectivity index (χ1n) is 6.16. The van der Waals surface area contributed by atoms with E-state index in [0.29, 0.717) is 16.7 Å². The lowest BCUT2D eigenvalue weighted by Gasteiger charge is -2.07. The number of hydrogen-bond acceptors (Lipinski definition) is 4. The molecule has 1 fully saturated rings. The summed E-state index contributed by atoms with van der Waals surface area (Å²) in [5, 5.41) is 4.40. The normalized spacial score (nSPS) is 19.2. The van der Waals surface area contributed by atoms with Crippen LogP contribution < -0.4 is 5.69 Å². The van der Waals surface area contributed by atoms with Gasteiger partial charge in [-0.25, -0.2) is 9.48 Å². The van der Waals surface area contributed by atoms with Crippen LogP contribution in [0, 0.1) is 0 Å². The molecule has 3 rings (SSSR count). The molecule has 1 unspecified atom stereocenters. The Labute approximate surface area is 119 Å². The molecule has 5 nitrogen and oxygen atoms in total. The van der Waals surface area contributed by atoms with E-state index in [-0.39, 0.29) is 11.8 Å². The highest BCUT2D eigenvalue weighted by atomic mass is 35.5. The lowest BCUT2D eigenvalue weighted by atomic mass is 10.2. The fourth-order valence-corrected chi connectivity index (χ4v) is 3.30. The zero-order valence-electron chi connectivity index (χ0n) is 10.5. The van der Waals surface area contributed by atoms with Crippen molar-refractivity contribution in [3.05, 3.63) is 27.0 Å². The minimum atomic E-state index is -0.116. The molecule has 102 valence electrons. The smallest absolute Gasteiger partial charge is 0.346 e. The molecule has 0 aliphatic carbocycles. The maximum absolute atomic E-state index is 12.1. The molecular formula is C12H14ClN3O2S. The molecule has 2 aromatic heterocycles. The van der Waals surface area contributed by atoms with Crippen LogP contribution in [0.1, 0.15) is 12.8 Å². The highest BCUT2D eigenvalue weighted by Crippen LogP contribution is 2.28. The summed E-state index contributed by atoms with van der Waals surface area (Å²) in [5.41, 5.74) is -0.116. The first-order chi connectivity index (χ1) is 9.15. The molecular weight excluding hydrogens is 286 g/mol. The van der Waals surface area contributed by atoms with Crippen LogP contribution in [0.3, 0.4) is 0 Å². The van der Waals surface area contributed by atoms with Crippen molar-refractivity contribution in [2.45, 2.75) is 25.5 Å². The van der Waals surface area contributed by atoms with Gasteiger partial charge in [-0.2, -0.15) is 0 Å². The van der Waals surface area contributed by atoms with Gasteiger partial charge in [0, 0.05) is 13.7 Å². The van der Waals surface area contributed by atoms with Gasteiger partial charge >= 0.3 is 5.69 Å². The second-order valence-corrected chi connectivity index (χ2v) is 6.30. The molecule has 1 saturated heterocycles. The van der Waals surface area contributed by atoms with Crippen molar-refractivity contribution in [1.29, 1.82) is 0 Å². The minimum absolute atomic E-state index is 0.104. The van der Waals surface area contributed by atoms with Crippen molar-refractivity contribution < 1.29 is 4.74 Å². The van der Waals surface area contributed by atoms with Crippen LogP contribution in [0.4, 0.5) is 0 Å². The van der Waals surface area contributed by atoms with E-state index in [9.17, 15) is 4.79 Å². The molecule has 0 saturated carbocycles. The molecule has 19 heavy (non-hydrogen) atoms. The van der Waals surface area contributed by atoms with E-state index in [1.54, 1.807) is 11.6 Å². The van der Waals surface area contributed by atoms with E-state index in [1.165, 1.54) is 16.0 Å². The average molecular weight is 300 g/mol. The number of aromatic nitrogens is 3. The Kier molecular flexibility index (Phi) is 3.47. The Hall–Kier alpha value is -1.11. The van der Waals surface area contributed by atoms with E-state index in [0.717, 1.165) is 24.3 Å². The number of hydrogen-bond donors (Lipinski definition) is 0. The summed E-state index contributed by atoms with van der Waals surface area (Å²) in [6.45, 7) is 1.30. The summed E-state index contributed by atoms with van der Waals surface area (Å²) in [7, 11) is 1.73. The fourth-order valence-electron chi connectivity index (χ4n) is 2.24. The van der Waals surface area contributed by atoms with Crippen molar-refractivity contribution in [3.8, 4) is 10.7 Å². The topological polar surface area (TPSA) is 49.0 Å². The van der Waals surface area contributed by atoms with Gasteiger partial charge < -0.3 is 4.74 Å². The largest absolute Gasteiger partial charge is 0.376 e. The number of thiophene rings is 1. The van der Waals surface area contributed by atoms with Crippen LogP contribution >= 0.6 is 22.9 Å². The molecule has 0 bridgehead atoms. The van der Waals surface area contributed by atoms with E-state index >= 15 is 0 Å². The molecule has 0 spiro atoms. The summed E-state index contributed by atoms with van der Waals surface area (Å²) in [4.78, 5) is 13.0. The highest BCUT2D eigenvalue weighted by molar-refractivity contribution is 7.19. The Morgan fingerprint density at radius 3 is 3.05 bits per heavy atom. The van der Waals surface area contributed by atoms with Gasteiger partial charge in [-0.05, 0) is 25.0 Å². The lowest BCUT2D eigenvalue weighted by molar-refractivity contribution is 0.0929. The summed E-state index contributed by atoms with van der Waals surface area (Å²) in [6.07, 6.45) is 2.15. The van der Waals surface area contributed by atoms with Gasteiger partial charge in [0.2, 0.25) is 0 Å². The Morgan fingerprint density at radius 2 is 2.42 bits per heavy atom. The van der Waals surface area contributed by atoms with Crippen LogP contribution in [-0.4, -0.2) is 27.1 Å². The number of ether oxygens (including phenoxy) is 1. The third-order valence-corrected chi connectivity index (χ3v) is 4.46. The number of nitrogens with zero attached hydrogens (tertiary/aromatic N) is 3. The lowest BCUT2D eigenvalue weighted by Crippen LogP contribution is -2.28. The molecule has 2 aromatic rings. The SMILES string of the molecule is Cn1c(-c2ccc(Cl)s2)nn(CC2CCCO2)c1=O. The molecule has 0 N–H and O–H groups in total. The predicted octanol–water partition coefficient (Wildman–Crippen LogP) is 2.14. The van der Waals surface area contributed by atoms with Gasteiger partial charge in [0.1, 0.15) is 0 Å². The van der Waals surface area contributed by atoms with E-state index in [2.05, 4.69) is 5.10 Å². The zero-order chi connectivity index (χ0) is 13.4. The number of halogens is 1. The molecule has 0 aromatic carbocycles. The fraction of sp³-hybridized carbons (Fsp3) is 0.500. The Bertz CT molecular complexity index is 640. The van der Waals surface area contributed by atoms with Crippen LogP contribution in [0.5, 0.6) is 0 Å². The highest BCUT2D eigenvalue weighted by Gasteiger charge is 2.20. The molecule has 1 aliphatic rings. The molecule has 0 radical (unpaired) electrons. The van der Waals surface area contributed by atoms with Crippen molar-refractivity contribution in [2.75, 3.05) is 6.61 Å². The molecule has 1 atom stereocenters. The number of rotatable bonds is 3. The van der Waals surface area contributed by atoms with Gasteiger partial charge in [0.05, 0.1) is 21.9 Å². The third kappa shape index (κ3) is 2.48. The first-order valence-corrected chi connectivity index (χ1v) is 7.36. The van der Waals surface area contributed by atoms with Gasteiger partial charge in [-0.3, -0.25) is 4.57 Å². The summed E-state index contributed by atoms with van der Waals surface area (Å²) >= 11 is 7.34. The van der Waals surface area contributed by atoms with Gasteiger partial charge in [0.15, 0.2) is 5.82 Å². The first kappa shape index (κ1) is 12.9. The average Bonchev–Trinajstić information content (AvgIpc) is 3.08. The summed E-state index contributed by atoms with van der Waals surface area (Å²) in [6, 6.07) is 3.69. The van der Waals surface area contributed by atoms with Crippen molar-refractivity contribution in [2.24, 2.45) is 7.05 Å². The predicted molar refractivity (Wildman–Crippen MR) is 74.8 cm³/mol. The van der Waals surface area contributed by atoms with Crippen LogP contribution in [0.2, 0.25) is 4.34 Å². The maximum Gasteiger partial charge on any atom is 0.346 e. The van der Waals surface area contributed by atoms with E-state index < -0.39 is 0 Å². The molecule has 1 aliphatic heterocycles. The van der Waals surface area contributed by atoms with E-state index in [1.807, 2.05) is 12.1 Å². The quantitative estimate of drug-likeness (QED) is 0.872. The van der Waals surface area contributed by atoms with E-state index in [4.69, 9.17) is 16.3 Å². The zero-order valence-corrected chi connectivity index (χ0v) is 12.1. The van der Waals surface area contributed by atoms with Gasteiger partial charge in [-0.15, -0.1) is 16.4 Å². The second kappa shape index (κ2) is 5.11. The second-order valence-electron chi connectivity index (χ2n) is 4.59. The van der Waals surface area contributed by atoms with Gasteiger partial charge in [-0.1, -0.05) is 11.6 Å². The Balaban J connectivity index is 1.92. The van der Waals surface area contributed by atoms with Crippen molar-refractivity contribution in [3.63, 3.8) is 0 Å². The molecule has 3 heterocycles. The summed E-state index contributed by atoms with van der Waals surface area (Å²) < 4.78 is 9.27. The molecule has 0 amide bonds. The standard InChI is InChI=1S/C12H14ClN3O2S/c1-15-11(9-4-5-10(13)19-9)14-16(12(15)17)7-8-3-2-6-18-8/h4-5,8H,2-3,6-7H2,1H3. The Morgan fingerprint density at radius 1 is 1.58 bits per heavy atom. The van der Waals surface area contributed by atoms with Crippen LogP contribution in [0.25, 0.3) is 10.7 Å². The maximum atomic E-state index is 12.1. The summed E-state index contributed by atoms with van der Waals surface area (Å²) in [5.74, 6) is 0.653. The monoisotopic (exact) mass is 299 g/mol.